The zero-order chi connectivity index (χ0) is 12.5. The van der Waals surface area contributed by atoms with Crippen molar-refractivity contribution in [2.24, 2.45) is 5.41 Å². The molecule has 0 aliphatic heterocycles. The van der Waals surface area contributed by atoms with Crippen LogP contribution in [0.25, 0.3) is 0 Å². The van der Waals surface area contributed by atoms with Gasteiger partial charge in [-0.3, -0.25) is 4.79 Å². The van der Waals surface area contributed by atoms with Crippen LogP contribution in [0.15, 0.2) is 18.2 Å². The normalized spacial score (nSPS) is 18.9. The molecule has 2 rings (SSSR count). The van der Waals surface area contributed by atoms with Crippen LogP contribution < -0.4 is 5.73 Å². The van der Waals surface area contributed by atoms with Crippen LogP contribution in [0.4, 0.5) is 5.69 Å². The number of nitrogens with two attached hydrogens (primary N) is 1. The highest BCUT2D eigenvalue weighted by molar-refractivity contribution is 6.01. The Hall–Kier alpha value is -1.31. The molecular weight excluding hydrogens is 210 g/mol. The lowest BCUT2D eigenvalue weighted by Gasteiger charge is -2.32. The van der Waals surface area contributed by atoms with Crippen molar-refractivity contribution < 1.29 is 4.79 Å². The van der Waals surface area contributed by atoms with E-state index in [1.54, 1.807) is 0 Å². The molecule has 0 unspecified atom stereocenters. The number of anilines is 1. The van der Waals surface area contributed by atoms with Crippen LogP contribution in [-0.2, 0) is 0 Å². The van der Waals surface area contributed by atoms with Crippen LogP contribution >= 0.6 is 0 Å². The number of carbonyl (C=O) groups excluding carboxylic acids is 1. The average Bonchev–Trinajstić information content (AvgIpc) is 2.29. The summed E-state index contributed by atoms with van der Waals surface area (Å²) in [6.07, 6.45) is 5.67. The predicted molar refractivity (Wildman–Crippen MR) is 71.1 cm³/mol. The van der Waals surface area contributed by atoms with Crippen molar-refractivity contribution in [3.63, 3.8) is 0 Å². The largest absolute Gasteiger partial charge is 0.399 e. The van der Waals surface area contributed by atoms with Crippen molar-refractivity contribution in [3.8, 4) is 0 Å². The van der Waals surface area contributed by atoms with Gasteiger partial charge in [0.05, 0.1) is 0 Å². The molecule has 0 saturated heterocycles. The first kappa shape index (κ1) is 12.2. The SMILES string of the molecule is Cc1cc(N)ccc1C(=O)C1(C)CCCCC1. The summed E-state index contributed by atoms with van der Waals surface area (Å²) in [6, 6.07) is 5.60. The molecule has 0 atom stereocenters. The molecule has 0 heterocycles. The van der Waals surface area contributed by atoms with E-state index in [4.69, 9.17) is 5.73 Å². The minimum atomic E-state index is -0.154. The lowest BCUT2D eigenvalue weighted by atomic mass is 9.70. The number of rotatable bonds is 2. The van der Waals surface area contributed by atoms with Crippen LogP contribution in [0.2, 0.25) is 0 Å². The number of hydrogen-bond donors (Lipinski definition) is 1. The number of aryl methyl sites for hydroxylation is 1. The summed E-state index contributed by atoms with van der Waals surface area (Å²) in [6.45, 7) is 4.08. The topological polar surface area (TPSA) is 43.1 Å². The van der Waals surface area contributed by atoms with Crippen LogP contribution in [-0.4, -0.2) is 5.78 Å². The maximum Gasteiger partial charge on any atom is 0.168 e. The summed E-state index contributed by atoms with van der Waals surface area (Å²) in [5, 5.41) is 0. The molecule has 1 aliphatic carbocycles. The highest BCUT2D eigenvalue weighted by Gasteiger charge is 2.35. The zero-order valence-corrected chi connectivity index (χ0v) is 10.8. The fourth-order valence-corrected chi connectivity index (χ4v) is 2.83. The van der Waals surface area contributed by atoms with Gasteiger partial charge in [0.2, 0.25) is 0 Å². The van der Waals surface area contributed by atoms with Gasteiger partial charge in [0, 0.05) is 16.7 Å². The van der Waals surface area contributed by atoms with Crippen molar-refractivity contribution in [3.05, 3.63) is 29.3 Å². The van der Waals surface area contributed by atoms with Gasteiger partial charge in [-0.15, -0.1) is 0 Å². The Balaban J connectivity index is 2.30. The quantitative estimate of drug-likeness (QED) is 0.622. The summed E-state index contributed by atoms with van der Waals surface area (Å²) in [5.41, 5.74) is 8.16. The van der Waals surface area contributed by atoms with E-state index in [0.29, 0.717) is 5.78 Å². The van der Waals surface area contributed by atoms with Crippen LogP contribution in [0, 0.1) is 12.3 Å². The summed E-state index contributed by atoms with van der Waals surface area (Å²) in [5.74, 6) is 0.301. The van der Waals surface area contributed by atoms with E-state index in [1.165, 1.54) is 19.3 Å². The second-order valence-electron chi connectivity index (χ2n) is 5.52. The Kier molecular flexibility index (Phi) is 3.23. The second-order valence-corrected chi connectivity index (χ2v) is 5.52. The summed E-state index contributed by atoms with van der Waals surface area (Å²) < 4.78 is 0. The predicted octanol–water partition coefficient (Wildman–Crippen LogP) is 3.73. The number of Topliss-reactive ketones (excluding diaryl/α,β-unsaturated/α-hetero) is 1. The molecule has 1 fully saturated rings. The van der Waals surface area contributed by atoms with Crippen molar-refractivity contribution in [2.75, 3.05) is 5.73 Å². The smallest absolute Gasteiger partial charge is 0.168 e. The zero-order valence-electron chi connectivity index (χ0n) is 10.8. The lowest BCUT2D eigenvalue weighted by molar-refractivity contribution is 0.0749. The maximum atomic E-state index is 12.6. The molecule has 17 heavy (non-hydrogen) atoms. The molecule has 1 aromatic carbocycles. The summed E-state index contributed by atoms with van der Waals surface area (Å²) in [4.78, 5) is 12.6. The maximum absolute atomic E-state index is 12.6. The standard InChI is InChI=1S/C15H21NO/c1-11-10-12(16)6-7-13(11)14(17)15(2)8-4-3-5-9-15/h6-7,10H,3-5,8-9,16H2,1-2H3. The Morgan fingerprint density at radius 1 is 1.24 bits per heavy atom. The number of carbonyl (C=O) groups is 1. The molecule has 1 aromatic rings. The first-order chi connectivity index (χ1) is 8.03. The van der Waals surface area contributed by atoms with Gasteiger partial charge in [-0.2, -0.15) is 0 Å². The third-order valence-corrected chi connectivity index (χ3v) is 4.00. The van der Waals surface area contributed by atoms with Crippen molar-refractivity contribution >= 4 is 11.5 Å². The van der Waals surface area contributed by atoms with Gasteiger partial charge in [0.25, 0.3) is 0 Å². The van der Waals surface area contributed by atoms with Crippen molar-refractivity contribution in [1.29, 1.82) is 0 Å². The fourth-order valence-electron chi connectivity index (χ4n) is 2.83. The molecule has 92 valence electrons. The third kappa shape index (κ3) is 2.36. The Morgan fingerprint density at radius 2 is 1.88 bits per heavy atom. The van der Waals surface area contributed by atoms with Gasteiger partial charge < -0.3 is 5.73 Å². The molecule has 0 amide bonds. The minimum Gasteiger partial charge on any atom is -0.399 e. The molecule has 1 saturated carbocycles. The summed E-state index contributed by atoms with van der Waals surface area (Å²) in [7, 11) is 0. The number of hydrogen-bond acceptors (Lipinski definition) is 2. The van der Waals surface area contributed by atoms with Crippen molar-refractivity contribution in [1.82, 2.24) is 0 Å². The average molecular weight is 231 g/mol. The Morgan fingerprint density at radius 3 is 2.47 bits per heavy atom. The molecule has 0 radical (unpaired) electrons. The molecule has 2 nitrogen and oxygen atoms in total. The van der Waals surface area contributed by atoms with E-state index < -0.39 is 0 Å². The molecule has 0 aromatic heterocycles. The molecule has 0 bridgehead atoms. The number of nitrogen functional groups attached to an aromatic ring is 1. The highest BCUT2D eigenvalue weighted by Crippen LogP contribution is 2.39. The van der Waals surface area contributed by atoms with Gasteiger partial charge in [-0.25, -0.2) is 0 Å². The Labute approximate surface area is 103 Å². The van der Waals surface area contributed by atoms with E-state index in [1.807, 2.05) is 25.1 Å². The molecule has 2 N–H and O–H groups in total. The molecule has 2 heteroatoms. The van der Waals surface area contributed by atoms with Crippen LogP contribution in [0.1, 0.15) is 54.9 Å². The van der Waals surface area contributed by atoms with Crippen LogP contribution in [0.3, 0.4) is 0 Å². The Bertz CT molecular complexity index is 431. The van der Waals surface area contributed by atoms with E-state index in [2.05, 4.69) is 6.92 Å². The van der Waals surface area contributed by atoms with Gasteiger partial charge in [0.1, 0.15) is 0 Å². The van der Waals surface area contributed by atoms with E-state index in [0.717, 1.165) is 29.7 Å². The summed E-state index contributed by atoms with van der Waals surface area (Å²) >= 11 is 0. The van der Waals surface area contributed by atoms with E-state index in [9.17, 15) is 4.79 Å². The number of benzene rings is 1. The van der Waals surface area contributed by atoms with Gasteiger partial charge in [-0.1, -0.05) is 26.2 Å². The lowest BCUT2D eigenvalue weighted by Crippen LogP contribution is -2.30. The fraction of sp³-hybridized carbons (Fsp3) is 0.533. The minimum absolute atomic E-state index is 0.154. The van der Waals surface area contributed by atoms with Gasteiger partial charge in [0.15, 0.2) is 5.78 Å². The van der Waals surface area contributed by atoms with Crippen molar-refractivity contribution in [2.45, 2.75) is 46.0 Å². The van der Waals surface area contributed by atoms with Crippen LogP contribution in [0.5, 0.6) is 0 Å². The van der Waals surface area contributed by atoms with E-state index in [-0.39, 0.29) is 5.41 Å². The third-order valence-electron chi connectivity index (χ3n) is 4.00. The van der Waals surface area contributed by atoms with Gasteiger partial charge >= 0.3 is 0 Å². The molecule has 1 aliphatic rings. The first-order valence-electron chi connectivity index (χ1n) is 6.44. The first-order valence-corrected chi connectivity index (χ1v) is 6.44. The van der Waals surface area contributed by atoms with Gasteiger partial charge in [-0.05, 0) is 43.5 Å². The monoisotopic (exact) mass is 231 g/mol. The second kappa shape index (κ2) is 4.52. The van der Waals surface area contributed by atoms with E-state index >= 15 is 0 Å². The molecule has 0 spiro atoms. The number of ketones is 1. The highest BCUT2D eigenvalue weighted by atomic mass is 16.1. The molecular formula is C15H21NO.